The summed E-state index contributed by atoms with van der Waals surface area (Å²) in [6.45, 7) is 12.9. The highest BCUT2D eigenvalue weighted by Gasteiger charge is 2.14. The average Bonchev–Trinajstić information content (AvgIpc) is 2.45. The zero-order valence-corrected chi connectivity index (χ0v) is 14.2. The van der Waals surface area contributed by atoms with Crippen LogP contribution in [0.4, 0.5) is 5.69 Å². The molecule has 126 valence electrons. The number of rotatable bonds is 10. The molecule has 1 rings (SSSR count). The highest BCUT2D eigenvalue weighted by Crippen LogP contribution is 2.20. The van der Waals surface area contributed by atoms with E-state index >= 15 is 0 Å². The molecule has 4 nitrogen and oxygen atoms in total. The van der Waals surface area contributed by atoms with Crippen molar-refractivity contribution in [3.8, 4) is 5.75 Å². The standard InChI is InChI=1S/C18H29NO3/c1-6-21-18(14(4)5)22-17-9-7-15(8-10-17)19-12-16(20)11-13(2)3/h7-10,13-14,16,18-19H,2,6,11-12H2,1,3-5H3/q-2. The Labute approximate surface area is 134 Å². The molecule has 1 aromatic carbocycles. The van der Waals surface area contributed by atoms with Gasteiger partial charge < -0.3 is 26.8 Å². The smallest absolute Gasteiger partial charge is 0.202 e. The van der Waals surface area contributed by atoms with E-state index in [-0.39, 0.29) is 18.1 Å². The number of hydrogen-bond donors (Lipinski definition) is 1. The first-order valence-corrected chi connectivity index (χ1v) is 8.03. The van der Waals surface area contributed by atoms with Crippen LogP contribution in [0.15, 0.2) is 24.3 Å². The minimum absolute atomic E-state index is 0.187. The van der Waals surface area contributed by atoms with Gasteiger partial charge in [0.25, 0.3) is 0 Å². The monoisotopic (exact) mass is 307 g/mol. The fourth-order valence-electron chi connectivity index (χ4n) is 2.08. The molecule has 0 aliphatic heterocycles. The molecule has 0 fully saturated rings. The number of anilines is 1. The molecule has 0 spiro atoms. The van der Waals surface area contributed by atoms with Crippen LogP contribution in [0.25, 0.3) is 0 Å². The first kappa shape index (κ1) is 18.8. The minimum Gasteiger partial charge on any atom is -0.851 e. The Kier molecular flexibility index (Phi) is 8.28. The summed E-state index contributed by atoms with van der Waals surface area (Å²) in [4.78, 5) is 0. The van der Waals surface area contributed by atoms with Crippen LogP contribution in [-0.4, -0.2) is 25.5 Å². The quantitative estimate of drug-likeness (QED) is 0.533. The fraction of sp³-hybridized carbons (Fsp3) is 0.611. The molecule has 0 aromatic heterocycles. The van der Waals surface area contributed by atoms with E-state index in [2.05, 4.69) is 26.1 Å². The van der Waals surface area contributed by atoms with Crippen LogP contribution in [0.2, 0.25) is 0 Å². The fourth-order valence-corrected chi connectivity index (χ4v) is 2.08. The van der Waals surface area contributed by atoms with Gasteiger partial charge in [0.05, 0.1) is 0 Å². The second-order valence-electron chi connectivity index (χ2n) is 6.05. The van der Waals surface area contributed by atoms with Gasteiger partial charge >= 0.3 is 0 Å². The molecular weight excluding hydrogens is 278 g/mol. The lowest BCUT2D eigenvalue weighted by Crippen LogP contribution is -2.34. The maximum atomic E-state index is 11.7. The largest absolute Gasteiger partial charge is 0.851 e. The van der Waals surface area contributed by atoms with Crippen molar-refractivity contribution in [1.29, 1.82) is 0 Å². The summed E-state index contributed by atoms with van der Waals surface area (Å²) in [5.41, 5.74) is 0.919. The molecule has 3 atom stereocenters. The van der Waals surface area contributed by atoms with Crippen molar-refractivity contribution in [2.24, 2.45) is 11.8 Å². The molecule has 1 N–H and O–H groups in total. The van der Waals surface area contributed by atoms with Crippen molar-refractivity contribution in [1.82, 2.24) is 0 Å². The molecule has 0 bridgehead atoms. The summed E-state index contributed by atoms with van der Waals surface area (Å²) in [6.07, 6.45) is -0.293. The van der Waals surface area contributed by atoms with Gasteiger partial charge in [-0.25, -0.2) is 0 Å². The van der Waals surface area contributed by atoms with Crippen molar-refractivity contribution in [2.45, 2.75) is 46.5 Å². The van der Waals surface area contributed by atoms with Gasteiger partial charge in [-0.15, -0.1) is 6.10 Å². The molecular formula is C18H29NO3-2. The van der Waals surface area contributed by atoms with Gasteiger partial charge in [-0.3, -0.25) is 0 Å². The van der Waals surface area contributed by atoms with Gasteiger partial charge in [0, 0.05) is 24.8 Å². The van der Waals surface area contributed by atoms with Crippen LogP contribution in [0.3, 0.4) is 0 Å². The van der Waals surface area contributed by atoms with Gasteiger partial charge in [0.15, 0.2) is 0 Å². The molecule has 0 aliphatic rings. The Balaban J connectivity index is 2.48. The van der Waals surface area contributed by atoms with Crippen LogP contribution in [0, 0.1) is 18.8 Å². The average molecular weight is 307 g/mol. The van der Waals surface area contributed by atoms with Crippen LogP contribution in [0.5, 0.6) is 5.75 Å². The maximum Gasteiger partial charge on any atom is 0.202 e. The number of nitrogens with one attached hydrogen (secondary N) is 1. The third kappa shape index (κ3) is 7.14. The van der Waals surface area contributed by atoms with E-state index in [4.69, 9.17) is 9.47 Å². The molecule has 0 radical (unpaired) electrons. The van der Waals surface area contributed by atoms with Gasteiger partial charge in [-0.2, -0.15) is 5.92 Å². The molecule has 22 heavy (non-hydrogen) atoms. The highest BCUT2D eigenvalue weighted by atomic mass is 16.7. The Hall–Kier alpha value is -1.26. The lowest BCUT2D eigenvalue weighted by atomic mass is 10.1. The zero-order chi connectivity index (χ0) is 16.5. The molecule has 0 saturated carbocycles. The summed E-state index contributed by atoms with van der Waals surface area (Å²) >= 11 is 0. The lowest BCUT2D eigenvalue weighted by Gasteiger charge is -2.27. The third-order valence-electron chi connectivity index (χ3n) is 3.18. The highest BCUT2D eigenvalue weighted by molar-refractivity contribution is 5.46. The van der Waals surface area contributed by atoms with E-state index in [1.807, 2.05) is 38.1 Å². The predicted octanol–water partition coefficient (Wildman–Crippen LogP) is 3.09. The first-order valence-electron chi connectivity index (χ1n) is 8.03. The third-order valence-corrected chi connectivity index (χ3v) is 3.18. The van der Waals surface area contributed by atoms with Gasteiger partial charge in [-0.05, 0) is 31.2 Å². The summed E-state index contributed by atoms with van der Waals surface area (Å²) in [5, 5.41) is 14.9. The Morgan fingerprint density at radius 1 is 1.18 bits per heavy atom. The number of hydrogen-bond acceptors (Lipinski definition) is 4. The number of ether oxygens (including phenoxy) is 2. The Morgan fingerprint density at radius 2 is 1.82 bits per heavy atom. The predicted molar refractivity (Wildman–Crippen MR) is 88.7 cm³/mol. The summed E-state index contributed by atoms with van der Waals surface area (Å²) in [7, 11) is 0. The van der Waals surface area contributed by atoms with Crippen molar-refractivity contribution in [3.63, 3.8) is 0 Å². The Bertz CT molecular complexity index is 403. The Morgan fingerprint density at radius 3 is 2.32 bits per heavy atom. The second kappa shape index (κ2) is 9.70. The maximum absolute atomic E-state index is 11.7. The lowest BCUT2D eigenvalue weighted by molar-refractivity contribution is -0.417. The van der Waals surface area contributed by atoms with E-state index in [0.29, 0.717) is 19.6 Å². The summed E-state index contributed by atoms with van der Waals surface area (Å²) in [6, 6.07) is 7.61. The normalized spacial score (nSPS) is 15.4. The molecule has 0 heterocycles. The topological polar surface area (TPSA) is 53.5 Å². The van der Waals surface area contributed by atoms with E-state index in [9.17, 15) is 5.11 Å². The van der Waals surface area contributed by atoms with Crippen molar-refractivity contribution in [3.05, 3.63) is 31.2 Å². The van der Waals surface area contributed by atoms with Crippen molar-refractivity contribution < 1.29 is 14.6 Å². The van der Waals surface area contributed by atoms with Gasteiger partial charge in [0.1, 0.15) is 5.75 Å². The van der Waals surface area contributed by atoms with Crippen LogP contribution < -0.4 is 15.2 Å². The summed E-state index contributed by atoms with van der Waals surface area (Å²) < 4.78 is 11.4. The minimum atomic E-state index is -0.633. The molecule has 0 saturated heterocycles. The molecule has 1 aromatic rings. The molecule has 0 amide bonds. The van der Waals surface area contributed by atoms with E-state index in [0.717, 1.165) is 11.4 Å². The molecule has 3 unspecified atom stereocenters. The van der Waals surface area contributed by atoms with Crippen LogP contribution in [-0.2, 0) is 4.74 Å². The van der Waals surface area contributed by atoms with Crippen LogP contribution in [0.1, 0.15) is 34.1 Å². The number of benzene rings is 1. The first-order chi connectivity index (χ1) is 10.4. The van der Waals surface area contributed by atoms with Crippen molar-refractivity contribution in [2.75, 3.05) is 18.5 Å². The van der Waals surface area contributed by atoms with E-state index in [1.54, 1.807) is 0 Å². The second-order valence-corrected chi connectivity index (χ2v) is 6.05. The summed E-state index contributed by atoms with van der Waals surface area (Å²) in [5.74, 6) is 1.23. The van der Waals surface area contributed by atoms with E-state index < -0.39 is 6.10 Å². The molecule has 4 heteroatoms. The van der Waals surface area contributed by atoms with Gasteiger partial charge in [0.2, 0.25) is 6.29 Å². The zero-order valence-electron chi connectivity index (χ0n) is 14.2. The van der Waals surface area contributed by atoms with Gasteiger partial charge in [-0.1, -0.05) is 27.2 Å². The van der Waals surface area contributed by atoms with E-state index in [1.165, 1.54) is 0 Å². The molecule has 0 aliphatic carbocycles. The van der Waals surface area contributed by atoms with Crippen LogP contribution >= 0.6 is 0 Å². The van der Waals surface area contributed by atoms with Crippen molar-refractivity contribution >= 4 is 5.69 Å². The SMILES string of the molecule is [CH2-]C(C)CC([O-])CNc1ccc(OC(OCC)C(C)C)cc1.